The van der Waals surface area contributed by atoms with E-state index >= 15 is 0 Å². The molecule has 0 bridgehead atoms. The number of furan rings is 1. The Morgan fingerprint density at radius 1 is 0.280 bits per heavy atom. The summed E-state index contributed by atoms with van der Waals surface area (Å²) in [5, 5.41) is 3.52. The monoisotopic (exact) mass is 639 g/mol. The molecule has 0 radical (unpaired) electrons. The van der Waals surface area contributed by atoms with Gasteiger partial charge in [0.05, 0.1) is 0 Å². The fourth-order valence-corrected chi connectivity index (χ4v) is 6.88. The van der Waals surface area contributed by atoms with E-state index in [1.807, 2.05) is 18.2 Å². The number of hydrogen-bond acceptors (Lipinski definition) is 2. The number of para-hydroxylation sites is 1. The highest BCUT2D eigenvalue weighted by Gasteiger charge is 2.16. The minimum Gasteiger partial charge on any atom is -0.456 e. The Kier molecular flexibility index (Phi) is 7.53. The Balaban J connectivity index is 1.15. The molecule has 2 heteroatoms. The zero-order chi connectivity index (χ0) is 33.3. The van der Waals surface area contributed by atoms with Gasteiger partial charge in [0, 0.05) is 28.0 Å². The number of anilines is 3. The summed E-state index contributed by atoms with van der Waals surface area (Å²) < 4.78 is 6.29. The number of fused-ring (bicyclic) bond motifs is 2. The van der Waals surface area contributed by atoms with Crippen LogP contribution in [0.4, 0.5) is 17.1 Å². The van der Waals surface area contributed by atoms with Crippen molar-refractivity contribution in [2.45, 2.75) is 0 Å². The van der Waals surface area contributed by atoms with E-state index in [4.69, 9.17) is 4.42 Å². The molecule has 2 nitrogen and oxygen atoms in total. The maximum absolute atomic E-state index is 6.29. The van der Waals surface area contributed by atoms with Crippen LogP contribution >= 0.6 is 0 Å². The summed E-state index contributed by atoms with van der Waals surface area (Å²) in [5.41, 5.74) is 12.3. The third-order valence-corrected chi connectivity index (χ3v) is 9.41. The van der Waals surface area contributed by atoms with Crippen LogP contribution in [0.15, 0.2) is 205 Å². The molecular weight excluding hydrogens is 607 g/mol. The smallest absolute Gasteiger partial charge is 0.135 e. The third kappa shape index (κ3) is 5.74. The third-order valence-electron chi connectivity index (χ3n) is 9.41. The fourth-order valence-electron chi connectivity index (χ4n) is 6.88. The van der Waals surface area contributed by atoms with Gasteiger partial charge in [0.25, 0.3) is 0 Å². The van der Waals surface area contributed by atoms with Crippen LogP contribution in [-0.2, 0) is 0 Å². The van der Waals surface area contributed by atoms with E-state index in [1.54, 1.807) is 0 Å². The largest absolute Gasteiger partial charge is 0.456 e. The van der Waals surface area contributed by atoms with Gasteiger partial charge in [-0.2, -0.15) is 0 Å². The highest BCUT2D eigenvalue weighted by Crippen LogP contribution is 2.40. The van der Waals surface area contributed by atoms with Crippen LogP contribution in [0, 0.1) is 0 Å². The van der Waals surface area contributed by atoms with Gasteiger partial charge in [-0.3, -0.25) is 0 Å². The van der Waals surface area contributed by atoms with Gasteiger partial charge in [-0.05, 0) is 111 Å². The van der Waals surface area contributed by atoms with Crippen molar-refractivity contribution in [1.29, 1.82) is 0 Å². The molecule has 9 aromatic rings. The predicted molar refractivity (Wildman–Crippen MR) is 210 cm³/mol. The zero-order valence-electron chi connectivity index (χ0n) is 27.4. The maximum Gasteiger partial charge on any atom is 0.135 e. The second-order valence-electron chi connectivity index (χ2n) is 12.6. The van der Waals surface area contributed by atoms with Crippen LogP contribution in [0.2, 0.25) is 0 Å². The molecule has 0 aliphatic carbocycles. The molecule has 1 aromatic heterocycles. The van der Waals surface area contributed by atoms with Gasteiger partial charge in [0.1, 0.15) is 11.3 Å². The number of nitrogens with zero attached hydrogens (tertiary/aromatic N) is 1. The first-order valence-electron chi connectivity index (χ1n) is 17.0. The van der Waals surface area contributed by atoms with Crippen molar-refractivity contribution in [3.63, 3.8) is 0 Å². The topological polar surface area (TPSA) is 16.4 Å². The van der Waals surface area contributed by atoms with E-state index in [0.717, 1.165) is 39.4 Å². The van der Waals surface area contributed by atoms with Crippen molar-refractivity contribution < 1.29 is 4.42 Å². The summed E-state index contributed by atoms with van der Waals surface area (Å²) in [4.78, 5) is 2.33. The molecule has 0 aliphatic rings. The summed E-state index contributed by atoms with van der Waals surface area (Å²) >= 11 is 0. The second kappa shape index (κ2) is 12.8. The molecular formula is C48H33NO. The molecule has 0 saturated carbocycles. The summed E-state index contributed by atoms with van der Waals surface area (Å²) in [7, 11) is 0. The van der Waals surface area contributed by atoms with Gasteiger partial charge in [-0.15, -0.1) is 0 Å². The SMILES string of the molecule is c1ccc(-c2cc(-c3ccccc3)cc(-c3ccc(N(c4cccc(-c5cc6ccccc6o5)c4)c4ccc5ccccc5c4)cc3)c2)cc1. The lowest BCUT2D eigenvalue weighted by atomic mass is 9.93. The Bertz CT molecular complexity index is 2490. The predicted octanol–water partition coefficient (Wildman–Crippen LogP) is 13.7. The number of benzene rings is 8. The zero-order valence-corrected chi connectivity index (χ0v) is 27.4. The Morgan fingerprint density at radius 3 is 1.46 bits per heavy atom. The highest BCUT2D eigenvalue weighted by atomic mass is 16.3. The minimum atomic E-state index is 0.856. The highest BCUT2D eigenvalue weighted by molar-refractivity contribution is 5.91. The average Bonchev–Trinajstić information content (AvgIpc) is 3.64. The summed E-state index contributed by atoms with van der Waals surface area (Å²) in [6.45, 7) is 0. The second-order valence-corrected chi connectivity index (χ2v) is 12.6. The molecule has 0 atom stereocenters. The quantitative estimate of drug-likeness (QED) is 0.173. The van der Waals surface area contributed by atoms with Crippen molar-refractivity contribution in [2.75, 3.05) is 4.90 Å². The summed E-state index contributed by atoms with van der Waals surface area (Å²) in [5.74, 6) is 0.856. The molecule has 50 heavy (non-hydrogen) atoms. The Hall–Kier alpha value is -6.64. The van der Waals surface area contributed by atoms with E-state index in [1.165, 1.54) is 44.2 Å². The molecule has 0 aliphatic heterocycles. The van der Waals surface area contributed by atoms with Crippen molar-refractivity contribution >= 4 is 38.8 Å². The van der Waals surface area contributed by atoms with Gasteiger partial charge in [0.15, 0.2) is 0 Å². The van der Waals surface area contributed by atoms with Crippen LogP contribution in [-0.4, -0.2) is 0 Å². The Morgan fingerprint density at radius 2 is 0.800 bits per heavy atom. The van der Waals surface area contributed by atoms with Crippen LogP contribution in [0.5, 0.6) is 0 Å². The van der Waals surface area contributed by atoms with E-state index in [-0.39, 0.29) is 0 Å². The van der Waals surface area contributed by atoms with Crippen molar-refractivity contribution in [3.05, 3.63) is 200 Å². The van der Waals surface area contributed by atoms with Gasteiger partial charge in [-0.1, -0.05) is 133 Å². The fraction of sp³-hybridized carbons (Fsp3) is 0. The molecule has 236 valence electrons. The van der Waals surface area contributed by atoms with Crippen molar-refractivity contribution in [3.8, 4) is 44.7 Å². The van der Waals surface area contributed by atoms with Crippen molar-refractivity contribution in [2.24, 2.45) is 0 Å². The van der Waals surface area contributed by atoms with Crippen LogP contribution in [0.3, 0.4) is 0 Å². The lowest BCUT2D eigenvalue weighted by molar-refractivity contribution is 0.631. The van der Waals surface area contributed by atoms with Gasteiger partial charge in [-0.25, -0.2) is 0 Å². The van der Waals surface area contributed by atoms with Gasteiger partial charge < -0.3 is 9.32 Å². The standard InChI is InChI=1S/C48H33NO/c1-3-12-34(13-4-1)41-28-42(35-14-5-2-6-15-35)30-43(29-41)37-22-25-44(26-23-37)49(46-27-24-36-16-7-8-17-38(36)31-46)45-20-11-19-39(32-45)48-33-40-18-9-10-21-47(40)50-48/h1-33H. The maximum atomic E-state index is 6.29. The summed E-state index contributed by atoms with van der Waals surface area (Å²) in [6.07, 6.45) is 0. The number of rotatable bonds is 7. The molecule has 9 rings (SSSR count). The average molecular weight is 640 g/mol. The first-order chi connectivity index (χ1) is 24.7. The van der Waals surface area contributed by atoms with E-state index in [2.05, 4.69) is 187 Å². The van der Waals surface area contributed by atoms with Gasteiger partial charge in [0.2, 0.25) is 0 Å². The number of hydrogen-bond donors (Lipinski definition) is 0. The normalized spacial score (nSPS) is 11.2. The first kappa shape index (κ1) is 29.5. The molecule has 0 spiro atoms. The molecule has 0 unspecified atom stereocenters. The van der Waals surface area contributed by atoms with Gasteiger partial charge >= 0.3 is 0 Å². The molecule has 0 N–H and O–H groups in total. The minimum absolute atomic E-state index is 0.856. The van der Waals surface area contributed by atoms with E-state index in [0.29, 0.717) is 0 Å². The first-order valence-corrected chi connectivity index (χ1v) is 17.0. The van der Waals surface area contributed by atoms with E-state index < -0.39 is 0 Å². The molecule has 8 aromatic carbocycles. The molecule has 0 fully saturated rings. The van der Waals surface area contributed by atoms with Crippen LogP contribution < -0.4 is 4.90 Å². The molecule has 0 saturated heterocycles. The Labute approximate surface area is 292 Å². The lowest BCUT2D eigenvalue weighted by Crippen LogP contribution is -2.10. The lowest BCUT2D eigenvalue weighted by Gasteiger charge is -2.26. The summed E-state index contributed by atoms with van der Waals surface area (Å²) in [6, 6.07) is 71.2. The van der Waals surface area contributed by atoms with Crippen molar-refractivity contribution in [1.82, 2.24) is 0 Å². The molecule has 0 amide bonds. The van der Waals surface area contributed by atoms with Crippen LogP contribution in [0.1, 0.15) is 0 Å². The van der Waals surface area contributed by atoms with E-state index in [9.17, 15) is 0 Å². The van der Waals surface area contributed by atoms with Crippen LogP contribution in [0.25, 0.3) is 66.4 Å². The molecule has 1 heterocycles.